The molecule has 1 aromatic carbocycles. The second-order valence-corrected chi connectivity index (χ2v) is 3.98. The van der Waals surface area contributed by atoms with Crippen molar-refractivity contribution in [2.75, 3.05) is 0 Å². The van der Waals surface area contributed by atoms with Gasteiger partial charge in [-0.25, -0.2) is 4.39 Å². The average molecular weight is 257 g/mol. The maximum atomic E-state index is 13.5. The number of rotatable bonds is 4. The summed E-state index contributed by atoms with van der Waals surface area (Å²) in [5.74, 6) is -0.0574. The van der Waals surface area contributed by atoms with Crippen molar-refractivity contribution in [2.24, 2.45) is 0 Å². The summed E-state index contributed by atoms with van der Waals surface area (Å²) < 4.78 is 14.1. The van der Waals surface area contributed by atoms with E-state index in [1.54, 1.807) is 0 Å². The summed E-state index contributed by atoms with van der Waals surface area (Å²) in [5, 5.41) is 0. The molecule has 0 amide bonds. The molecule has 0 bridgehead atoms. The second kappa shape index (κ2) is 5.97. The van der Waals surface area contributed by atoms with E-state index < -0.39 is 0 Å². The third-order valence-electron chi connectivity index (χ3n) is 2.02. The lowest BCUT2D eigenvalue weighted by atomic mass is 10.1. The maximum absolute atomic E-state index is 13.5. The van der Waals surface area contributed by atoms with E-state index in [9.17, 15) is 4.39 Å². The summed E-state index contributed by atoms with van der Waals surface area (Å²) in [6.45, 7) is 2.06. The Morgan fingerprint density at radius 1 is 1.29 bits per heavy atom. The fourth-order valence-electron chi connectivity index (χ4n) is 1.18. The van der Waals surface area contributed by atoms with Gasteiger partial charge < -0.3 is 0 Å². The highest BCUT2D eigenvalue weighted by Crippen LogP contribution is 2.28. The number of halogens is 2. The Morgan fingerprint density at radius 2 is 1.93 bits per heavy atom. The van der Waals surface area contributed by atoms with Gasteiger partial charge in [-0.1, -0.05) is 43.7 Å². The van der Waals surface area contributed by atoms with Crippen LogP contribution in [0.5, 0.6) is 0 Å². The molecule has 0 aliphatic carbocycles. The third kappa shape index (κ3) is 3.26. The molecule has 0 heterocycles. The van der Waals surface area contributed by atoms with Gasteiger partial charge in [-0.15, -0.1) is 0 Å². The highest BCUT2D eigenvalue weighted by molar-refractivity contribution is 9.15. The first-order valence-corrected chi connectivity index (χ1v) is 5.64. The first-order valence-electron chi connectivity index (χ1n) is 4.85. The van der Waals surface area contributed by atoms with Crippen LogP contribution in [0.2, 0.25) is 0 Å². The number of hydrogen-bond donors (Lipinski definition) is 0. The van der Waals surface area contributed by atoms with E-state index in [0.717, 1.165) is 18.4 Å². The van der Waals surface area contributed by atoms with E-state index in [1.165, 1.54) is 0 Å². The zero-order valence-corrected chi connectivity index (χ0v) is 9.85. The average Bonchev–Trinajstić information content (AvgIpc) is 2.26. The number of unbranched alkanes of at least 4 members (excludes halogenated alkanes) is 1. The third-order valence-corrected chi connectivity index (χ3v) is 2.90. The molecule has 2 heteroatoms. The Bertz CT molecular complexity index is 303. The van der Waals surface area contributed by atoms with Crippen molar-refractivity contribution in [1.82, 2.24) is 0 Å². The lowest BCUT2D eigenvalue weighted by Crippen LogP contribution is -1.82. The smallest absolute Gasteiger partial charge is 0.115 e. The fourth-order valence-corrected chi connectivity index (χ4v) is 1.65. The van der Waals surface area contributed by atoms with Crippen LogP contribution in [0.15, 0.2) is 36.2 Å². The zero-order valence-electron chi connectivity index (χ0n) is 8.26. The van der Waals surface area contributed by atoms with Gasteiger partial charge in [0.05, 0.1) is 4.48 Å². The molecule has 1 rings (SSSR count). The predicted molar refractivity (Wildman–Crippen MR) is 62.9 cm³/mol. The van der Waals surface area contributed by atoms with Crippen LogP contribution in [0.3, 0.4) is 0 Å². The van der Waals surface area contributed by atoms with Gasteiger partial charge in [0.15, 0.2) is 0 Å². The quantitative estimate of drug-likeness (QED) is 0.718. The summed E-state index contributed by atoms with van der Waals surface area (Å²) in [6, 6.07) is 9.53. The van der Waals surface area contributed by atoms with Crippen LogP contribution in [-0.2, 0) is 0 Å². The highest BCUT2D eigenvalue weighted by Gasteiger charge is 2.04. The molecule has 0 fully saturated rings. The van der Waals surface area contributed by atoms with Crippen LogP contribution in [0.25, 0.3) is 4.48 Å². The Balaban J connectivity index is 2.77. The van der Waals surface area contributed by atoms with Gasteiger partial charge in [0.2, 0.25) is 0 Å². The summed E-state index contributed by atoms with van der Waals surface area (Å²) in [7, 11) is 0. The first kappa shape index (κ1) is 11.4. The van der Waals surface area contributed by atoms with Crippen LogP contribution in [0, 0.1) is 0 Å². The molecule has 0 spiro atoms. The van der Waals surface area contributed by atoms with E-state index in [0.29, 0.717) is 10.9 Å². The lowest BCUT2D eigenvalue weighted by molar-refractivity contribution is 0.576. The minimum absolute atomic E-state index is 0.0574. The van der Waals surface area contributed by atoms with E-state index >= 15 is 0 Å². The van der Waals surface area contributed by atoms with Crippen LogP contribution < -0.4 is 0 Å². The van der Waals surface area contributed by atoms with Crippen molar-refractivity contribution in [2.45, 2.75) is 26.2 Å². The molecule has 0 N–H and O–H groups in total. The van der Waals surface area contributed by atoms with E-state index in [1.807, 2.05) is 30.3 Å². The molecule has 14 heavy (non-hydrogen) atoms. The lowest BCUT2D eigenvalue weighted by Gasteiger charge is -2.02. The van der Waals surface area contributed by atoms with Crippen LogP contribution in [-0.4, -0.2) is 0 Å². The Morgan fingerprint density at radius 3 is 2.50 bits per heavy atom. The first-order chi connectivity index (χ1) is 6.75. The van der Waals surface area contributed by atoms with E-state index in [4.69, 9.17) is 0 Å². The summed E-state index contributed by atoms with van der Waals surface area (Å²) in [6.07, 6.45) is 2.43. The number of allylic oxidation sites excluding steroid dienone is 1. The highest BCUT2D eigenvalue weighted by atomic mass is 79.9. The van der Waals surface area contributed by atoms with E-state index in [-0.39, 0.29) is 5.83 Å². The summed E-state index contributed by atoms with van der Waals surface area (Å²) >= 11 is 3.29. The van der Waals surface area contributed by atoms with Gasteiger partial charge in [-0.2, -0.15) is 0 Å². The van der Waals surface area contributed by atoms with Crippen molar-refractivity contribution in [1.29, 1.82) is 0 Å². The number of benzene rings is 1. The predicted octanol–water partition coefficient (Wildman–Crippen LogP) is 4.91. The molecule has 1 aromatic rings. The standard InChI is InChI=1S/C12H14BrF/c1-2-3-9-11(14)12(13)10-7-5-4-6-8-10/h4-8H,2-3,9H2,1H3/b12-11+. The molecule has 0 atom stereocenters. The van der Waals surface area contributed by atoms with Crippen molar-refractivity contribution in [3.63, 3.8) is 0 Å². The van der Waals surface area contributed by atoms with Crippen LogP contribution in [0.4, 0.5) is 4.39 Å². The Hall–Kier alpha value is -0.630. The van der Waals surface area contributed by atoms with Gasteiger partial charge in [-0.3, -0.25) is 0 Å². The van der Waals surface area contributed by atoms with Gasteiger partial charge in [-0.05, 0) is 27.9 Å². The normalized spacial score (nSPS) is 12.5. The second-order valence-electron chi connectivity index (χ2n) is 3.19. The monoisotopic (exact) mass is 256 g/mol. The fraction of sp³-hybridized carbons (Fsp3) is 0.333. The van der Waals surface area contributed by atoms with Gasteiger partial charge in [0.25, 0.3) is 0 Å². The molecule has 0 nitrogen and oxygen atoms in total. The van der Waals surface area contributed by atoms with Crippen molar-refractivity contribution >= 4 is 20.4 Å². The SMILES string of the molecule is CCCC/C(F)=C(\Br)c1ccccc1. The van der Waals surface area contributed by atoms with Gasteiger partial charge in [0, 0.05) is 6.42 Å². The molecule has 0 radical (unpaired) electrons. The minimum Gasteiger partial charge on any atom is -0.211 e. The van der Waals surface area contributed by atoms with Crippen LogP contribution in [0.1, 0.15) is 31.7 Å². The van der Waals surface area contributed by atoms with Gasteiger partial charge in [0.1, 0.15) is 5.83 Å². The maximum Gasteiger partial charge on any atom is 0.115 e. The largest absolute Gasteiger partial charge is 0.211 e. The molecule has 0 unspecified atom stereocenters. The molecule has 0 aliphatic rings. The summed E-state index contributed by atoms with van der Waals surface area (Å²) in [4.78, 5) is 0. The molecule has 0 aromatic heterocycles. The zero-order chi connectivity index (χ0) is 10.4. The topological polar surface area (TPSA) is 0 Å². The molecule has 0 saturated carbocycles. The molecular formula is C12H14BrF. The molecule has 0 saturated heterocycles. The van der Waals surface area contributed by atoms with Crippen molar-refractivity contribution < 1.29 is 4.39 Å². The molecule has 76 valence electrons. The molecular weight excluding hydrogens is 243 g/mol. The number of hydrogen-bond acceptors (Lipinski definition) is 0. The van der Waals surface area contributed by atoms with Gasteiger partial charge >= 0.3 is 0 Å². The van der Waals surface area contributed by atoms with Crippen molar-refractivity contribution in [3.8, 4) is 0 Å². The van der Waals surface area contributed by atoms with Crippen LogP contribution >= 0.6 is 15.9 Å². The molecule has 0 aliphatic heterocycles. The minimum atomic E-state index is -0.0574. The van der Waals surface area contributed by atoms with Crippen molar-refractivity contribution in [3.05, 3.63) is 41.7 Å². The summed E-state index contributed by atoms with van der Waals surface area (Å²) in [5.41, 5.74) is 0.904. The van der Waals surface area contributed by atoms with E-state index in [2.05, 4.69) is 22.9 Å². The Labute approximate surface area is 93.0 Å². The Kier molecular flexibility index (Phi) is 4.88.